The molecule has 1 saturated carbocycles. The van der Waals surface area contributed by atoms with Crippen LogP contribution < -0.4 is 16.6 Å². The molecule has 0 atom stereocenters. The molecule has 0 bridgehead atoms. The Balaban J connectivity index is 0.000000956. The Hall–Kier alpha value is -1.30. The van der Waals surface area contributed by atoms with Crippen LogP contribution in [0.15, 0.2) is 19.2 Å². The Bertz CT molecular complexity index is 492. The fraction of sp³-hybridized carbons (Fsp3) is 0.429. The molecule has 1 aliphatic rings. The number of hydrogen-bond donors (Lipinski definition) is 3. The van der Waals surface area contributed by atoms with E-state index in [0.717, 1.165) is 6.42 Å². The summed E-state index contributed by atoms with van der Waals surface area (Å²) in [5.41, 5.74) is 5.92. The van der Waals surface area contributed by atoms with Crippen molar-refractivity contribution in [3.8, 4) is 0 Å². The average Bonchev–Trinajstić information content (AvgIpc) is 2.36. The molecule has 0 aliphatic heterocycles. The normalized spacial score (nSPS) is 15.8. The van der Waals surface area contributed by atoms with Crippen molar-refractivity contribution < 1.29 is 9.50 Å². The summed E-state index contributed by atoms with van der Waals surface area (Å²) in [5.74, 6) is 5.32. The van der Waals surface area contributed by atoms with E-state index in [-0.39, 0.29) is 17.3 Å². The zero-order valence-electron chi connectivity index (χ0n) is 11.6. The van der Waals surface area contributed by atoms with E-state index in [0.29, 0.717) is 24.1 Å². The van der Waals surface area contributed by atoms with Gasteiger partial charge in [-0.25, -0.2) is 10.2 Å². The number of nitrogen functional groups attached to an aromatic ring is 1. The molecular formula is C14H21ClFN3O. The molecule has 0 amide bonds. The van der Waals surface area contributed by atoms with E-state index >= 15 is 0 Å². The van der Waals surface area contributed by atoms with Crippen molar-refractivity contribution in [2.24, 2.45) is 5.84 Å². The molecule has 0 radical (unpaired) electrons. The molecule has 1 aromatic carbocycles. The molecule has 0 saturated heterocycles. The fourth-order valence-electron chi connectivity index (χ4n) is 2.20. The van der Waals surface area contributed by atoms with Gasteiger partial charge in [-0.2, -0.15) is 0 Å². The lowest BCUT2D eigenvalue weighted by atomic mass is 9.80. The number of aliphatic hydroxyl groups is 1. The van der Waals surface area contributed by atoms with Crippen molar-refractivity contribution in [3.63, 3.8) is 0 Å². The van der Waals surface area contributed by atoms with Crippen LogP contribution in [0.4, 0.5) is 15.8 Å². The van der Waals surface area contributed by atoms with Gasteiger partial charge in [-0.05, 0) is 37.8 Å². The molecule has 20 heavy (non-hydrogen) atoms. The van der Waals surface area contributed by atoms with Crippen molar-refractivity contribution in [1.82, 2.24) is 0 Å². The molecule has 112 valence electrons. The second-order valence-electron chi connectivity index (χ2n) is 4.97. The maximum absolute atomic E-state index is 13.7. The molecular weight excluding hydrogens is 281 g/mol. The molecule has 5 N–H and O–H groups in total. The summed E-state index contributed by atoms with van der Waals surface area (Å²) in [6.07, 6.45) is 2.34. The third-order valence-electron chi connectivity index (χ3n) is 3.43. The van der Waals surface area contributed by atoms with Crippen molar-refractivity contribution in [3.05, 3.63) is 35.6 Å². The van der Waals surface area contributed by atoms with Gasteiger partial charge in [0.2, 0.25) is 0 Å². The summed E-state index contributed by atoms with van der Waals surface area (Å²) in [6.45, 7) is 7.78. The number of halogens is 2. The van der Waals surface area contributed by atoms with E-state index < -0.39 is 11.4 Å². The van der Waals surface area contributed by atoms with Crippen LogP contribution in [0.1, 0.15) is 24.8 Å². The first-order valence-electron chi connectivity index (χ1n) is 6.33. The minimum atomic E-state index is -0.814. The second-order valence-corrected chi connectivity index (χ2v) is 5.34. The monoisotopic (exact) mass is 301 g/mol. The first-order chi connectivity index (χ1) is 9.34. The van der Waals surface area contributed by atoms with Gasteiger partial charge in [-0.15, -0.1) is 13.2 Å². The predicted molar refractivity (Wildman–Crippen MR) is 82.1 cm³/mol. The van der Waals surface area contributed by atoms with Crippen LogP contribution >= 0.6 is 11.6 Å². The highest BCUT2D eigenvalue weighted by molar-refractivity contribution is 6.34. The van der Waals surface area contributed by atoms with E-state index in [2.05, 4.69) is 13.2 Å². The molecule has 1 aliphatic carbocycles. The number of anilines is 2. The maximum Gasteiger partial charge on any atom is 0.147 e. The van der Waals surface area contributed by atoms with Gasteiger partial charge in [0.05, 0.1) is 23.5 Å². The Labute approximate surface area is 123 Å². The summed E-state index contributed by atoms with van der Waals surface area (Å²) in [6, 6.07) is 1.49. The standard InChI is InChI=1S/C12H17ClFN3O.C2H4/c1-7-5-8(15)11(9(13)10(7)14)17(16)6-12(18)3-2-4-12;1-2/h5,18H,2-4,6,15-16H2,1H3;1-2H2. The number of rotatable bonds is 3. The lowest BCUT2D eigenvalue weighted by molar-refractivity contribution is -0.0255. The van der Waals surface area contributed by atoms with Crippen LogP contribution in [0.2, 0.25) is 5.02 Å². The van der Waals surface area contributed by atoms with Crippen LogP contribution in [-0.2, 0) is 0 Å². The molecule has 0 heterocycles. The largest absolute Gasteiger partial charge is 0.397 e. The molecule has 2 rings (SSSR count). The van der Waals surface area contributed by atoms with Crippen molar-refractivity contribution in [2.75, 3.05) is 17.3 Å². The van der Waals surface area contributed by atoms with Gasteiger partial charge in [-0.3, -0.25) is 0 Å². The van der Waals surface area contributed by atoms with Gasteiger partial charge >= 0.3 is 0 Å². The lowest BCUT2D eigenvalue weighted by Gasteiger charge is -2.40. The topological polar surface area (TPSA) is 75.5 Å². The van der Waals surface area contributed by atoms with Crippen LogP contribution in [-0.4, -0.2) is 17.3 Å². The lowest BCUT2D eigenvalue weighted by Crippen LogP contribution is -2.51. The molecule has 4 nitrogen and oxygen atoms in total. The molecule has 1 aromatic rings. The minimum Gasteiger partial charge on any atom is -0.397 e. The SMILES string of the molecule is C=C.Cc1cc(N)c(N(N)CC2(O)CCC2)c(Cl)c1F. The van der Waals surface area contributed by atoms with E-state index in [4.69, 9.17) is 23.2 Å². The summed E-state index contributed by atoms with van der Waals surface area (Å²) in [5, 5.41) is 11.2. The quantitative estimate of drug-likeness (QED) is 0.347. The van der Waals surface area contributed by atoms with Crippen molar-refractivity contribution >= 4 is 23.0 Å². The average molecular weight is 302 g/mol. The number of aryl methyl sites for hydroxylation is 1. The maximum atomic E-state index is 13.7. The van der Waals surface area contributed by atoms with Gasteiger partial charge < -0.3 is 15.8 Å². The Morgan fingerprint density at radius 3 is 2.50 bits per heavy atom. The Morgan fingerprint density at radius 2 is 2.05 bits per heavy atom. The first-order valence-corrected chi connectivity index (χ1v) is 6.70. The number of benzene rings is 1. The zero-order valence-corrected chi connectivity index (χ0v) is 12.4. The second kappa shape index (κ2) is 6.43. The minimum absolute atomic E-state index is 0.0991. The van der Waals surface area contributed by atoms with E-state index in [1.807, 2.05) is 0 Å². The van der Waals surface area contributed by atoms with Gasteiger partial charge in [-0.1, -0.05) is 11.6 Å². The highest BCUT2D eigenvalue weighted by atomic mass is 35.5. The number of hydrogen-bond acceptors (Lipinski definition) is 4. The number of nitrogens with zero attached hydrogens (tertiary/aromatic N) is 1. The highest BCUT2D eigenvalue weighted by Gasteiger charge is 2.36. The smallest absolute Gasteiger partial charge is 0.147 e. The summed E-state index contributed by atoms with van der Waals surface area (Å²) in [4.78, 5) is 0. The van der Waals surface area contributed by atoms with Crippen molar-refractivity contribution in [2.45, 2.75) is 31.8 Å². The van der Waals surface area contributed by atoms with Crippen LogP contribution in [0.3, 0.4) is 0 Å². The van der Waals surface area contributed by atoms with Crippen LogP contribution in [0.5, 0.6) is 0 Å². The summed E-state index contributed by atoms with van der Waals surface area (Å²) < 4.78 is 13.7. The van der Waals surface area contributed by atoms with Crippen LogP contribution in [0.25, 0.3) is 0 Å². The van der Waals surface area contributed by atoms with Crippen molar-refractivity contribution in [1.29, 1.82) is 0 Å². The highest BCUT2D eigenvalue weighted by Crippen LogP contribution is 2.38. The molecule has 0 aromatic heterocycles. The Morgan fingerprint density at radius 1 is 1.50 bits per heavy atom. The first kappa shape index (κ1) is 16.8. The fourth-order valence-corrected chi connectivity index (χ4v) is 2.57. The third-order valence-corrected chi connectivity index (χ3v) is 3.77. The van der Waals surface area contributed by atoms with Gasteiger partial charge in [0, 0.05) is 0 Å². The molecule has 6 heteroatoms. The summed E-state index contributed by atoms with van der Waals surface area (Å²) >= 11 is 5.93. The zero-order chi connectivity index (χ0) is 15.5. The molecule has 0 unspecified atom stereocenters. The van der Waals surface area contributed by atoms with Gasteiger partial charge in [0.15, 0.2) is 0 Å². The predicted octanol–water partition coefficient (Wildman–Crippen LogP) is 2.77. The van der Waals surface area contributed by atoms with E-state index in [1.165, 1.54) is 11.1 Å². The van der Waals surface area contributed by atoms with Gasteiger partial charge in [0.25, 0.3) is 0 Å². The van der Waals surface area contributed by atoms with Crippen LogP contribution in [0, 0.1) is 12.7 Å². The number of hydrazine groups is 1. The Kier molecular flexibility index (Phi) is 5.39. The van der Waals surface area contributed by atoms with E-state index in [1.54, 1.807) is 6.92 Å². The third kappa shape index (κ3) is 3.23. The molecule has 0 spiro atoms. The number of nitrogens with two attached hydrogens (primary N) is 2. The summed E-state index contributed by atoms with van der Waals surface area (Å²) in [7, 11) is 0. The van der Waals surface area contributed by atoms with Gasteiger partial charge in [0.1, 0.15) is 10.8 Å². The molecule has 1 fully saturated rings. The van der Waals surface area contributed by atoms with E-state index in [9.17, 15) is 9.50 Å².